The first kappa shape index (κ1) is 14.9. The lowest BCUT2D eigenvalue weighted by molar-refractivity contribution is -0.139. The van der Waals surface area contributed by atoms with Crippen LogP contribution in [0.4, 0.5) is 5.69 Å². The van der Waals surface area contributed by atoms with Gasteiger partial charge in [0.2, 0.25) is 0 Å². The molecule has 108 valence electrons. The minimum atomic E-state index is -3.72. The molecule has 2 rings (SSSR count). The van der Waals surface area contributed by atoms with Crippen molar-refractivity contribution in [3.05, 3.63) is 24.3 Å². The number of ether oxygens (including phenoxy) is 1. The molecule has 1 aromatic carbocycles. The summed E-state index contributed by atoms with van der Waals surface area (Å²) >= 11 is 1.05. The second-order valence-corrected chi connectivity index (χ2v) is 6.79. The Labute approximate surface area is 121 Å². The van der Waals surface area contributed by atoms with Crippen molar-refractivity contribution in [2.75, 3.05) is 12.4 Å². The first-order valence-corrected chi connectivity index (χ1v) is 8.25. The Morgan fingerprint density at radius 3 is 2.80 bits per heavy atom. The normalized spacial score (nSPS) is 17.4. The van der Waals surface area contributed by atoms with E-state index in [1.807, 2.05) is 6.92 Å². The summed E-state index contributed by atoms with van der Waals surface area (Å²) < 4.78 is 32.4. The van der Waals surface area contributed by atoms with Gasteiger partial charge in [0.05, 0.1) is 12.8 Å². The van der Waals surface area contributed by atoms with Crippen LogP contribution in [0.3, 0.4) is 0 Å². The van der Waals surface area contributed by atoms with Crippen LogP contribution >= 0.6 is 11.8 Å². The summed E-state index contributed by atoms with van der Waals surface area (Å²) in [5.41, 5.74) is 0.463. The molecular weight excluding hydrogens is 300 g/mol. The smallest absolute Gasteiger partial charge is 0.319 e. The maximum Gasteiger partial charge on any atom is 0.319 e. The van der Waals surface area contributed by atoms with Gasteiger partial charge in [-0.2, -0.15) is 8.42 Å². The van der Waals surface area contributed by atoms with Gasteiger partial charge in [-0.3, -0.25) is 4.79 Å². The molecule has 0 saturated carbocycles. The van der Waals surface area contributed by atoms with Crippen molar-refractivity contribution in [1.29, 1.82) is 0 Å². The van der Waals surface area contributed by atoms with Crippen LogP contribution in [-0.2, 0) is 19.6 Å². The Balaban J connectivity index is 2.28. The van der Waals surface area contributed by atoms with E-state index in [2.05, 4.69) is 14.5 Å². The Bertz CT molecular complexity index is 655. The van der Waals surface area contributed by atoms with E-state index < -0.39 is 21.2 Å². The van der Waals surface area contributed by atoms with Crippen molar-refractivity contribution < 1.29 is 17.9 Å². The van der Waals surface area contributed by atoms with Crippen LogP contribution in [0, 0.1) is 0 Å². The number of anilines is 1. The Kier molecular flexibility index (Phi) is 4.34. The third-order valence-corrected chi connectivity index (χ3v) is 5.38. The molecule has 1 aromatic rings. The van der Waals surface area contributed by atoms with Gasteiger partial charge in [0, 0.05) is 0 Å². The summed E-state index contributed by atoms with van der Waals surface area (Å²) in [4.78, 5) is 11.7. The number of carbonyl (C=O) groups excluding carboxylic acids is 1. The average Bonchev–Trinajstić information content (AvgIpc) is 2.43. The molecule has 0 radical (unpaired) electrons. The van der Waals surface area contributed by atoms with Gasteiger partial charge in [0.15, 0.2) is 5.17 Å². The molecule has 0 spiro atoms. The zero-order valence-corrected chi connectivity index (χ0v) is 12.6. The number of thioether (sulfide) groups is 1. The topological polar surface area (TPSA) is 84.8 Å². The zero-order chi connectivity index (χ0) is 14.8. The molecule has 0 bridgehead atoms. The number of fused-ring (bicyclic) bond motifs is 1. The number of sulfonamides is 1. The molecule has 0 fully saturated rings. The van der Waals surface area contributed by atoms with Crippen molar-refractivity contribution in [2.45, 2.75) is 23.5 Å². The summed E-state index contributed by atoms with van der Waals surface area (Å²) in [7, 11) is -2.43. The number of hydrogen-bond donors (Lipinski definition) is 1. The molecule has 1 heterocycles. The Morgan fingerprint density at radius 1 is 1.45 bits per heavy atom. The van der Waals surface area contributed by atoms with E-state index >= 15 is 0 Å². The lowest BCUT2D eigenvalue weighted by Gasteiger charge is -2.19. The summed E-state index contributed by atoms with van der Waals surface area (Å²) in [6, 6.07) is 6.50. The summed E-state index contributed by atoms with van der Waals surface area (Å²) in [5.74, 6) is -0.404. The second kappa shape index (κ2) is 5.84. The fraction of sp³-hybridized carbons (Fsp3) is 0.333. The fourth-order valence-corrected chi connectivity index (χ4v) is 3.98. The SMILES string of the molecule is CC[C@H](SC1=NS(=O)(=O)c2ccccc2N1)C(=O)OC. The second-order valence-electron chi connectivity index (χ2n) is 4.03. The molecule has 8 heteroatoms. The van der Waals surface area contributed by atoms with Crippen molar-refractivity contribution in [3.63, 3.8) is 0 Å². The molecule has 0 saturated heterocycles. The van der Waals surface area contributed by atoms with E-state index in [1.54, 1.807) is 18.2 Å². The van der Waals surface area contributed by atoms with Crippen molar-refractivity contribution in [1.82, 2.24) is 0 Å². The number of amidine groups is 1. The van der Waals surface area contributed by atoms with Crippen molar-refractivity contribution in [2.24, 2.45) is 4.40 Å². The van der Waals surface area contributed by atoms with Gasteiger partial charge in [-0.1, -0.05) is 30.8 Å². The third kappa shape index (κ3) is 2.96. The first-order valence-electron chi connectivity index (χ1n) is 5.93. The van der Waals surface area contributed by atoms with E-state index in [-0.39, 0.29) is 10.1 Å². The zero-order valence-electron chi connectivity index (χ0n) is 11.0. The molecule has 1 atom stereocenters. The van der Waals surface area contributed by atoms with Gasteiger partial charge < -0.3 is 10.1 Å². The minimum absolute atomic E-state index is 0.135. The number of nitrogens with one attached hydrogen (secondary N) is 1. The van der Waals surface area contributed by atoms with Gasteiger partial charge in [-0.05, 0) is 18.6 Å². The third-order valence-electron chi connectivity index (χ3n) is 2.70. The van der Waals surface area contributed by atoms with Crippen LogP contribution in [-0.4, -0.2) is 31.9 Å². The van der Waals surface area contributed by atoms with E-state index in [0.29, 0.717) is 12.1 Å². The first-order chi connectivity index (χ1) is 9.47. The highest BCUT2D eigenvalue weighted by molar-refractivity contribution is 8.15. The van der Waals surface area contributed by atoms with E-state index in [9.17, 15) is 13.2 Å². The van der Waals surface area contributed by atoms with Gasteiger partial charge in [0.25, 0.3) is 10.0 Å². The molecule has 1 aliphatic heterocycles. The van der Waals surface area contributed by atoms with Crippen molar-refractivity contribution >= 4 is 38.6 Å². The van der Waals surface area contributed by atoms with Crippen LogP contribution < -0.4 is 5.32 Å². The summed E-state index contributed by atoms with van der Waals surface area (Å²) in [5, 5.41) is 2.61. The maximum atomic E-state index is 12.0. The molecule has 20 heavy (non-hydrogen) atoms. The van der Waals surface area contributed by atoms with Crippen molar-refractivity contribution in [3.8, 4) is 0 Å². The van der Waals surface area contributed by atoms with Gasteiger partial charge in [-0.25, -0.2) is 0 Å². The van der Waals surface area contributed by atoms with Crippen LogP contribution in [0.15, 0.2) is 33.6 Å². The predicted molar refractivity (Wildman–Crippen MR) is 78.4 cm³/mol. The summed E-state index contributed by atoms with van der Waals surface area (Å²) in [6.45, 7) is 1.82. The predicted octanol–water partition coefficient (Wildman–Crippen LogP) is 1.84. The molecule has 1 aliphatic rings. The quantitative estimate of drug-likeness (QED) is 0.857. The molecule has 0 aromatic heterocycles. The van der Waals surface area contributed by atoms with Crippen LogP contribution in [0.2, 0.25) is 0 Å². The number of hydrogen-bond acceptors (Lipinski definition) is 6. The maximum absolute atomic E-state index is 12.0. The van der Waals surface area contributed by atoms with E-state index in [0.717, 1.165) is 11.8 Å². The highest BCUT2D eigenvalue weighted by atomic mass is 32.2. The number of para-hydroxylation sites is 1. The number of carbonyl (C=O) groups is 1. The molecule has 0 aliphatic carbocycles. The number of esters is 1. The number of benzene rings is 1. The average molecular weight is 314 g/mol. The van der Waals surface area contributed by atoms with Crippen LogP contribution in [0.5, 0.6) is 0 Å². The molecule has 6 nitrogen and oxygen atoms in total. The summed E-state index contributed by atoms with van der Waals surface area (Å²) in [6.07, 6.45) is 0.514. The fourth-order valence-electron chi connectivity index (χ4n) is 1.71. The minimum Gasteiger partial charge on any atom is -0.468 e. The standard InChI is InChI=1S/C12H14N2O4S2/c1-3-9(11(15)18-2)19-12-13-8-6-4-5-7-10(8)20(16,17)14-12/h4-7,9H,3H2,1-2H3,(H,13,14)/t9-/m0/s1. The van der Waals surface area contributed by atoms with Gasteiger partial charge >= 0.3 is 5.97 Å². The molecule has 0 unspecified atom stereocenters. The largest absolute Gasteiger partial charge is 0.468 e. The monoisotopic (exact) mass is 314 g/mol. The Hall–Kier alpha value is -1.54. The van der Waals surface area contributed by atoms with Gasteiger partial charge in [-0.15, -0.1) is 4.40 Å². The van der Waals surface area contributed by atoms with E-state index in [4.69, 9.17) is 0 Å². The molecular formula is C12H14N2O4S2. The van der Waals surface area contributed by atoms with Crippen LogP contribution in [0.1, 0.15) is 13.3 Å². The highest BCUT2D eigenvalue weighted by Gasteiger charge is 2.28. The molecule has 0 amide bonds. The van der Waals surface area contributed by atoms with Crippen LogP contribution in [0.25, 0.3) is 0 Å². The Morgan fingerprint density at radius 2 is 2.15 bits per heavy atom. The van der Waals surface area contributed by atoms with E-state index in [1.165, 1.54) is 13.2 Å². The number of methoxy groups -OCH3 is 1. The number of rotatable bonds is 3. The lowest BCUT2D eigenvalue weighted by atomic mass is 10.3. The van der Waals surface area contributed by atoms with Gasteiger partial charge in [0.1, 0.15) is 10.1 Å². The lowest BCUT2D eigenvalue weighted by Crippen LogP contribution is -2.25. The highest BCUT2D eigenvalue weighted by Crippen LogP contribution is 2.30. The molecule has 1 N–H and O–H groups in total. The number of nitrogens with zero attached hydrogens (tertiary/aromatic N) is 1.